The van der Waals surface area contributed by atoms with Crippen molar-refractivity contribution in [1.82, 2.24) is 0 Å². The number of hydrogen-bond donors (Lipinski definition) is 0. The number of benzene rings is 2. The zero-order chi connectivity index (χ0) is 20.1. The number of rotatable bonds is 5. The van der Waals surface area contributed by atoms with E-state index >= 15 is 0 Å². The molecule has 0 radical (unpaired) electrons. The third-order valence-corrected chi connectivity index (χ3v) is 4.51. The lowest BCUT2D eigenvalue weighted by molar-refractivity contribution is -0.138. The number of hydrogen-bond acceptors (Lipinski definition) is 5. The SMILES string of the molecule is C=C(C)C(=O)OCCCN1c2ccccc2C(=C(C#N)C#N)c2ccccc21. The van der Waals surface area contributed by atoms with E-state index in [1.54, 1.807) is 6.92 Å². The zero-order valence-electron chi connectivity index (χ0n) is 15.6. The molecular weight excluding hydrogens is 350 g/mol. The van der Waals surface area contributed by atoms with E-state index in [0.29, 0.717) is 24.1 Å². The van der Waals surface area contributed by atoms with Gasteiger partial charge in [-0.05, 0) is 25.5 Å². The Kier molecular flexibility index (Phi) is 5.58. The van der Waals surface area contributed by atoms with Crippen LogP contribution < -0.4 is 4.90 Å². The number of fused-ring (bicyclic) bond motifs is 2. The second kappa shape index (κ2) is 8.24. The average molecular weight is 369 g/mol. The first-order valence-electron chi connectivity index (χ1n) is 8.92. The molecule has 3 rings (SSSR count). The molecule has 0 aromatic heterocycles. The molecule has 0 bridgehead atoms. The topological polar surface area (TPSA) is 77.1 Å². The van der Waals surface area contributed by atoms with Crippen molar-refractivity contribution in [3.05, 3.63) is 77.4 Å². The lowest BCUT2D eigenvalue weighted by atomic mass is 9.87. The summed E-state index contributed by atoms with van der Waals surface area (Å²) in [5.41, 5.74) is 4.66. The summed E-state index contributed by atoms with van der Waals surface area (Å²) in [6.07, 6.45) is 0.629. The maximum atomic E-state index is 11.6. The molecule has 0 aliphatic carbocycles. The van der Waals surface area contributed by atoms with Crippen molar-refractivity contribution in [1.29, 1.82) is 10.5 Å². The van der Waals surface area contributed by atoms with E-state index in [4.69, 9.17) is 4.74 Å². The van der Waals surface area contributed by atoms with Crippen LogP contribution in [0.25, 0.3) is 5.57 Å². The van der Waals surface area contributed by atoms with Gasteiger partial charge in [0.1, 0.15) is 17.7 Å². The van der Waals surface area contributed by atoms with Gasteiger partial charge in [-0.25, -0.2) is 4.79 Å². The number of allylic oxidation sites excluding steroid dienone is 1. The molecule has 0 atom stereocenters. The minimum atomic E-state index is -0.391. The molecular formula is C23H19N3O2. The lowest BCUT2D eigenvalue weighted by Crippen LogP contribution is -2.25. The van der Waals surface area contributed by atoms with Gasteiger partial charge in [-0.2, -0.15) is 10.5 Å². The van der Waals surface area contributed by atoms with Gasteiger partial charge in [0.05, 0.1) is 6.61 Å². The fourth-order valence-electron chi connectivity index (χ4n) is 3.27. The van der Waals surface area contributed by atoms with Crippen molar-refractivity contribution in [3.63, 3.8) is 0 Å². The minimum Gasteiger partial charge on any atom is -0.462 e. The Labute approximate surface area is 164 Å². The Bertz CT molecular complexity index is 989. The van der Waals surface area contributed by atoms with Crippen LogP contribution in [0.1, 0.15) is 24.5 Å². The molecule has 28 heavy (non-hydrogen) atoms. The van der Waals surface area contributed by atoms with Crippen LogP contribution in [0.15, 0.2) is 66.3 Å². The molecule has 5 heteroatoms. The molecule has 1 aliphatic heterocycles. The molecule has 2 aromatic carbocycles. The van der Waals surface area contributed by atoms with Crippen LogP contribution in [0, 0.1) is 22.7 Å². The Morgan fingerprint density at radius 2 is 1.57 bits per heavy atom. The molecule has 0 saturated heterocycles. The Morgan fingerprint density at radius 1 is 1.04 bits per heavy atom. The summed E-state index contributed by atoms with van der Waals surface area (Å²) in [7, 11) is 0. The summed E-state index contributed by atoms with van der Waals surface area (Å²) in [6.45, 7) is 6.11. The van der Waals surface area contributed by atoms with Crippen LogP contribution in [0.4, 0.5) is 11.4 Å². The second-order valence-electron chi connectivity index (χ2n) is 6.43. The van der Waals surface area contributed by atoms with E-state index in [1.165, 1.54) is 0 Å². The molecule has 0 saturated carbocycles. The Balaban J connectivity index is 1.98. The van der Waals surface area contributed by atoms with Crippen molar-refractivity contribution < 1.29 is 9.53 Å². The Hall–Kier alpha value is -3.83. The quantitative estimate of drug-likeness (QED) is 0.336. The van der Waals surface area contributed by atoms with Gasteiger partial charge in [0.25, 0.3) is 0 Å². The van der Waals surface area contributed by atoms with Gasteiger partial charge in [-0.15, -0.1) is 0 Å². The molecule has 1 aliphatic rings. The highest BCUT2D eigenvalue weighted by molar-refractivity contribution is 6.00. The van der Waals surface area contributed by atoms with Gasteiger partial charge in [0, 0.05) is 40.2 Å². The van der Waals surface area contributed by atoms with E-state index in [0.717, 1.165) is 22.5 Å². The number of esters is 1. The summed E-state index contributed by atoms with van der Waals surface area (Å²) in [4.78, 5) is 13.7. The fourth-order valence-corrected chi connectivity index (χ4v) is 3.27. The summed E-state index contributed by atoms with van der Waals surface area (Å²) in [5, 5.41) is 18.9. The number of nitriles is 2. The molecule has 0 N–H and O–H groups in total. The van der Waals surface area contributed by atoms with E-state index in [9.17, 15) is 15.3 Å². The van der Waals surface area contributed by atoms with Gasteiger partial charge in [-0.3, -0.25) is 0 Å². The average Bonchev–Trinajstić information content (AvgIpc) is 2.72. The molecule has 2 aromatic rings. The molecule has 5 nitrogen and oxygen atoms in total. The van der Waals surface area contributed by atoms with Crippen LogP contribution in [0.3, 0.4) is 0 Å². The first-order chi connectivity index (χ1) is 13.6. The standard InChI is InChI=1S/C23H19N3O2/c1-16(2)23(27)28-13-7-12-26-20-10-5-3-8-18(20)22(17(14-24)15-25)19-9-4-6-11-21(19)26/h3-6,8-11H,1,7,12-13H2,2H3. The highest BCUT2D eigenvalue weighted by Gasteiger charge is 2.28. The van der Waals surface area contributed by atoms with Gasteiger partial charge < -0.3 is 9.64 Å². The predicted octanol–water partition coefficient (Wildman–Crippen LogP) is 4.50. The van der Waals surface area contributed by atoms with Crippen LogP contribution in [0.2, 0.25) is 0 Å². The van der Waals surface area contributed by atoms with Gasteiger partial charge in [0.2, 0.25) is 0 Å². The van der Waals surface area contributed by atoms with Crippen LogP contribution in [0.5, 0.6) is 0 Å². The monoisotopic (exact) mass is 369 g/mol. The van der Waals surface area contributed by atoms with E-state index in [2.05, 4.69) is 11.5 Å². The number of carbonyl (C=O) groups excluding carboxylic acids is 1. The van der Waals surface area contributed by atoms with Crippen molar-refractivity contribution in [2.75, 3.05) is 18.1 Å². The molecule has 1 heterocycles. The maximum Gasteiger partial charge on any atom is 0.333 e. The maximum absolute atomic E-state index is 11.6. The first-order valence-corrected chi connectivity index (χ1v) is 8.92. The summed E-state index contributed by atoms with van der Waals surface area (Å²) < 4.78 is 5.20. The summed E-state index contributed by atoms with van der Waals surface area (Å²) in [6, 6.07) is 19.5. The summed E-state index contributed by atoms with van der Waals surface area (Å²) >= 11 is 0. The molecule has 138 valence electrons. The van der Waals surface area contributed by atoms with E-state index in [-0.39, 0.29) is 12.2 Å². The summed E-state index contributed by atoms with van der Waals surface area (Å²) in [5.74, 6) is -0.391. The largest absolute Gasteiger partial charge is 0.462 e. The number of para-hydroxylation sites is 2. The highest BCUT2D eigenvalue weighted by Crippen LogP contribution is 2.45. The molecule has 0 unspecified atom stereocenters. The number of anilines is 2. The number of nitrogens with zero attached hydrogens (tertiary/aromatic N) is 3. The smallest absolute Gasteiger partial charge is 0.333 e. The first kappa shape index (κ1) is 18.9. The van der Waals surface area contributed by atoms with Gasteiger partial charge >= 0.3 is 5.97 Å². The third-order valence-electron chi connectivity index (χ3n) is 4.51. The zero-order valence-corrected chi connectivity index (χ0v) is 15.6. The van der Waals surface area contributed by atoms with Gasteiger partial charge in [0.15, 0.2) is 0 Å². The number of carbonyl (C=O) groups is 1. The molecule has 0 spiro atoms. The predicted molar refractivity (Wildman–Crippen MR) is 108 cm³/mol. The van der Waals surface area contributed by atoms with Crippen molar-refractivity contribution in [2.24, 2.45) is 0 Å². The van der Waals surface area contributed by atoms with Crippen molar-refractivity contribution in [3.8, 4) is 12.1 Å². The number of ether oxygens (including phenoxy) is 1. The van der Waals surface area contributed by atoms with Crippen molar-refractivity contribution in [2.45, 2.75) is 13.3 Å². The molecule has 0 fully saturated rings. The van der Waals surface area contributed by atoms with Crippen molar-refractivity contribution >= 4 is 22.9 Å². The van der Waals surface area contributed by atoms with Crippen LogP contribution >= 0.6 is 0 Å². The van der Waals surface area contributed by atoms with Crippen LogP contribution in [-0.4, -0.2) is 19.1 Å². The lowest BCUT2D eigenvalue weighted by Gasteiger charge is -2.34. The van der Waals surface area contributed by atoms with Gasteiger partial charge in [-0.1, -0.05) is 43.0 Å². The van der Waals surface area contributed by atoms with E-state index in [1.807, 2.05) is 60.7 Å². The third kappa shape index (κ3) is 3.51. The minimum absolute atomic E-state index is 0.0925. The highest BCUT2D eigenvalue weighted by atomic mass is 16.5. The second-order valence-corrected chi connectivity index (χ2v) is 6.43. The molecule has 0 amide bonds. The van der Waals surface area contributed by atoms with E-state index < -0.39 is 5.97 Å². The normalized spacial score (nSPS) is 11.5. The van der Waals surface area contributed by atoms with Crippen LogP contribution in [-0.2, 0) is 9.53 Å². The fraction of sp³-hybridized carbons (Fsp3) is 0.174. The Morgan fingerprint density at radius 3 is 2.07 bits per heavy atom.